The summed E-state index contributed by atoms with van der Waals surface area (Å²) in [5.74, 6) is 1.85. The Morgan fingerprint density at radius 1 is 0.923 bits per heavy atom. The molecule has 0 amide bonds. The Kier molecular flexibility index (Phi) is 4.58. The van der Waals surface area contributed by atoms with Crippen molar-refractivity contribution in [1.82, 2.24) is 0 Å². The zero-order valence-electron chi connectivity index (χ0n) is 9.70. The van der Waals surface area contributed by atoms with Gasteiger partial charge in [-0.25, -0.2) is 0 Å². The maximum Gasteiger partial charge on any atom is 0.227 e. The molecule has 0 heterocycles. The molecule has 0 aromatic rings. The lowest BCUT2D eigenvalue weighted by atomic mass is 10.5. The average molecular weight is 198 g/mol. The Hall–Kier alpha value is -0.403. The maximum atomic E-state index is 8.75. The summed E-state index contributed by atoms with van der Waals surface area (Å²) in [5, 5.41) is 0. The molecule has 76 valence electrons. The van der Waals surface area contributed by atoms with Gasteiger partial charge in [0, 0.05) is 0 Å². The average Bonchev–Trinajstić information content (AvgIpc) is 1.97. The highest BCUT2D eigenvalue weighted by Crippen LogP contribution is 2.39. The lowest BCUT2D eigenvalue weighted by Crippen LogP contribution is -2.46. The van der Waals surface area contributed by atoms with Crippen LogP contribution in [0.2, 0.25) is 16.6 Å². The van der Waals surface area contributed by atoms with Crippen LogP contribution in [0.5, 0.6) is 0 Å². The zero-order chi connectivity index (χ0) is 10.6. The molecule has 0 bridgehead atoms. The first-order chi connectivity index (χ1) is 5.89. The van der Waals surface area contributed by atoms with Gasteiger partial charge in [-0.2, -0.15) is 4.79 Å². The van der Waals surface area contributed by atoms with Crippen molar-refractivity contribution in [2.24, 2.45) is 0 Å². The van der Waals surface area contributed by atoms with Gasteiger partial charge in [0.2, 0.25) is 5.84 Å². The van der Waals surface area contributed by atoms with Gasteiger partial charge in [0.05, 0.1) is 0 Å². The summed E-state index contributed by atoms with van der Waals surface area (Å²) in [6.45, 7) is 13.5. The van der Waals surface area contributed by atoms with Gasteiger partial charge >= 0.3 is 0 Å². The van der Waals surface area contributed by atoms with E-state index in [4.69, 9.17) is 5.53 Å². The summed E-state index contributed by atoms with van der Waals surface area (Å²) in [4.78, 5) is 3.31. The van der Waals surface area contributed by atoms with Gasteiger partial charge in [0.15, 0.2) is 8.07 Å². The van der Waals surface area contributed by atoms with Gasteiger partial charge in [0.1, 0.15) is 0 Å². The van der Waals surface area contributed by atoms with E-state index in [0.717, 1.165) is 0 Å². The van der Waals surface area contributed by atoms with E-state index in [1.807, 2.05) is 5.84 Å². The number of rotatable bonds is 4. The first-order valence-electron chi connectivity index (χ1n) is 5.08. The quantitative estimate of drug-likeness (QED) is 0.287. The van der Waals surface area contributed by atoms with E-state index in [1.165, 1.54) is 0 Å². The molecule has 0 radical (unpaired) electrons. The minimum absolute atomic E-state index is 0.628. The molecule has 0 N–H and O–H groups in total. The molecule has 0 aromatic carbocycles. The highest BCUT2D eigenvalue weighted by Gasteiger charge is 2.46. The van der Waals surface area contributed by atoms with Crippen LogP contribution < -0.4 is 0 Å². The van der Waals surface area contributed by atoms with Crippen LogP contribution in [0.15, 0.2) is 0 Å². The van der Waals surface area contributed by atoms with Crippen LogP contribution >= 0.6 is 0 Å². The van der Waals surface area contributed by atoms with E-state index in [1.54, 1.807) is 0 Å². The molecule has 0 aromatic heterocycles. The normalized spacial score (nSPS) is 12.4. The molecule has 13 heavy (non-hydrogen) atoms. The Morgan fingerprint density at radius 2 is 1.23 bits per heavy atom. The summed E-state index contributed by atoms with van der Waals surface area (Å²) in [6, 6.07) is 0. The summed E-state index contributed by atoms with van der Waals surface area (Å²) in [5.41, 5.74) is 10.6. The van der Waals surface area contributed by atoms with E-state index >= 15 is 0 Å². The summed E-state index contributed by atoms with van der Waals surface area (Å²) < 4.78 is 0. The minimum atomic E-state index is -1.57. The first kappa shape index (κ1) is 12.6. The van der Waals surface area contributed by atoms with Crippen molar-refractivity contribution in [3.8, 4) is 0 Å². The van der Waals surface area contributed by atoms with E-state index in [2.05, 4.69) is 46.3 Å². The van der Waals surface area contributed by atoms with Crippen LogP contribution in [0.4, 0.5) is 0 Å². The second-order valence-corrected chi connectivity index (χ2v) is 10.4. The Balaban J connectivity index is 5.17. The lowest BCUT2D eigenvalue weighted by Gasteiger charge is -2.34. The van der Waals surface area contributed by atoms with Gasteiger partial charge in [-0.1, -0.05) is 41.5 Å². The van der Waals surface area contributed by atoms with Crippen LogP contribution in [-0.4, -0.2) is 18.7 Å². The molecule has 3 heteroatoms. The maximum absolute atomic E-state index is 8.75. The topological polar surface area (TPSA) is 36.4 Å². The first-order valence-corrected chi connectivity index (χ1v) is 7.39. The van der Waals surface area contributed by atoms with Gasteiger partial charge in [0.25, 0.3) is 0 Å². The van der Waals surface area contributed by atoms with Crippen molar-refractivity contribution >= 4 is 13.9 Å². The molecule has 0 unspecified atom stereocenters. The molecular weight excluding hydrogens is 176 g/mol. The molecule has 0 aliphatic heterocycles. The highest BCUT2D eigenvalue weighted by molar-refractivity contribution is 7.04. The van der Waals surface area contributed by atoms with Crippen LogP contribution in [0.25, 0.3) is 5.53 Å². The summed E-state index contributed by atoms with van der Waals surface area (Å²) >= 11 is 0. The van der Waals surface area contributed by atoms with Crippen LogP contribution in [0, 0.1) is 0 Å². The molecule has 0 fully saturated rings. The monoisotopic (exact) mass is 198 g/mol. The van der Waals surface area contributed by atoms with E-state index in [0.29, 0.717) is 16.6 Å². The third-order valence-electron chi connectivity index (χ3n) is 3.28. The highest BCUT2D eigenvalue weighted by atomic mass is 28.3. The SMILES string of the molecule is CC(C)[Si](C=[N+]=[N-])(C(C)C)C(C)C. The fraction of sp³-hybridized carbons (Fsp3) is 0.900. The van der Waals surface area contributed by atoms with Crippen molar-refractivity contribution in [1.29, 1.82) is 0 Å². The van der Waals surface area contributed by atoms with Crippen molar-refractivity contribution in [2.75, 3.05) is 0 Å². The Morgan fingerprint density at radius 3 is 1.31 bits per heavy atom. The number of hydrogen-bond donors (Lipinski definition) is 0. The molecule has 2 nitrogen and oxygen atoms in total. The van der Waals surface area contributed by atoms with Crippen molar-refractivity contribution in [2.45, 2.75) is 58.2 Å². The smallest absolute Gasteiger partial charge is 0.227 e. The number of nitrogens with zero attached hydrogens (tertiary/aromatic N) is 2. The molecule has 0 aliphatic rings. The van der Waals surface area contributed by atoms with Crippen molar-refractivity contribution in [3.63, 3.8) is 0 Å². The van der Waals surface area contributed by atoms with Crippen LogP contribution in [0.3, 0.4) is 0 Å². The van der Waals surface area contributed by atoms with Gasteiger partial charge in [-0.3, -0.25) is 0 Å². The fourth-order valence-corrected chi connectivity index (χ4v) is 7.64. The fourth-order valence-electron chi connectivity index (χ4n) is 2.55. The Bertz CT molecular complexity index is 181. The lowest BCUT2D eigenvalue weighted by molar-refractivity contribution is 0.00633. The predicted octanol–water partition coefficient (Wildman–Crippen LogP) is 3.51. The van der Waals surface area contributed by atoms with Crippen LogP contribution in [-0.2, 0) is 0 Å². The molecule has 0 atom stereocenters. The standard InChI is InChI=1S/C10H22N2Si/c1-8(2)13(7-12-11,9(3)4)10(5)6/h7-10H,1-6H3. The van der Waals surface area contributed by atoms with Crippen molar-refractivity contribution in [3.05, 3.63) is 5.53 Å². The van der Waals surface area contributed by atoms with Crippen molar-refractivity contribution < 1.29 is 4.79 Å². The molecule has 0 saturated heterocycles. The summed E-state index contributed by atoms with van der Waals surface area (Å²) in [7, 11) is -1.57. The molecule has 0 spiro atoms. The van der Waals surface area contributed by atoms with Gasteiger partial charge in [-0.05, 0) is 16.6 Å². The van der Waals surface area contributed by atoms with E-state index in [-0.39, 0.29) is 0 Å². The van der Waals surface area contributed by atoms with E-state index < -0.39 is 8.07 Å². The summed E-state index contributed by atoms with van der Waals surface area (Å²) in [6.07, 6.45) is 0. The molecular formula is C10H22N2Si. The largest absolute Gasteiger partial charge is 0.363 e. The van der Waals surface area contributed by atoms with Gasteiger partial charge in [-0.15, -0.1) is 0 Å². The third kappa shape index (κ3) is 2.29. The Labute approximate surface area is 83.0 Å². The molecule has 0 saturated carbocycles. The van der Waals surface area contributed by atoms with Crippen LogP contribution in [0.1, 0.15) is 41.5 Å². The molecule has 0 rings (SSSR count). The second-order valence-electron chi connectivity index (χ2n) is 4.71. The van der Waals surface area contributed by atoms with Gasteiger partial charge < -0.3 is 5.53 Å². The zero-order valence-corrected chi connectivity index (χ0v) is 10.7. The minimum Gasteiger partial charge on any atom is -0.363 e. The third-order valence-corrected chi connectivity index (χ3v) is 9.84. The number of hydrogen-bond acceptors (Lipinski definition) is 0. The van der Waals surface area contributed by atoms with E-state index in [9.17, 15) is 0 Å². The predicted molar refractivity (Wildman–Crippen MR) is 60.7 cm³/mol. The second kappa shape index (κ2) is 4.73. The molecule has 0 aliphatic carbocycles.